The highest BCUT2D eigenvalue weighted by atomic mass is 79.9. The number of aromatic nitrogens is 3. The van der Waals surface area contributed by atoms with Crippen LogP contribution in [0.1, 0.15) is 17.0 Å². The number of pyridine rings is 1. The van der Waals surface area contributed by atoms with Crippen LogP contribution in [0, 0.1) is 11.3 Å². The first-order valence-corrected chi connectivity index (χ1v) is 6.91. The smallest absolute Gasteiger partial charge is 0.114 e. The maximum absolute atomic E-state index is 8.94. The molecule has 0 bridgehead atoms. The first kappa shape index (κ1) is 12.8. The van der Waals surface area contributed by atoms with Gasteiger partial charge >= 0.3 is 0 Å². The lowest BCUT2D eigenvalue weighted by molar-refractivity contribution is 0.842. The summed E-state index contributed by atoms with van der Waals surface area (Å²) in [6.07, 6.45) is 4.31. The largest absolute Gasteiger partial charge is 0.331 e. The Bertz CT molecular complexity index is 829. The topological polar surface area (TPSA) is 54.5 Å². The van der Waals surface area contributed by atoms with Gasteiger partial charge in [0.15, 0.2) is 0 Å². The molecule has 0 saturated carbocycles. The minimum absolute atomic E-state index is 0.631. The highest BCUT2D eigenvalue weighted by Crippen LogP contribution is 2.19. The van der Waals surface area contributed by atoms with Gasteiger partial charge < -0.3 is 4.57 Å². The molecule has 5 heteroatoms. The van der Waals surface area contributed by atoms with Gasteiger partial charge in [-0.3, -0.25) is 4.98 Å². The van der Waals surface area contributed by atoms with Crippen molar-refractivity contribution >= 4 is 27.0 Å². The van der Waals surface area contributed by atoms with Gasteiger partial charge in [0.1, 0.15) is 5.82 Å². The van der Waals surface area contributed by atoms with Gasteiger partial charge in [-0.25, -0.2) is 4.98 Å². The van der Waals surface area contributed by atoms with Crippen molar-refractivity contribution < 1.29 is 0 Å². The summed E-state index contributed by atoms with van der Waals surface area (Å²) in [5.74, 6) is 0.954. The number of benzene rings is 1. The first-order chi connectivity index (χ1) is 9.67. The van der Waals surface area contributed by atoms with E-state index in [0.717, 1.165) is 26.9 Å². The summed E-state index contributed by atoms with van der Waals surface area (Å²) in [7, 11) is 1.99. The summed E-state index contributed by atoms with van der Waals surface area (Å²) in [4.78, 5) is 8.78. The summed E-state index contributed by atoms with van der Waals surface area (Å²) < 4.78 is 3.01. The molecule has 2 heterocycles. The Labute approximate surface area is 124 Å². The van der Waals surface area contributed by atoms with Crippen LogP contribution in [0.2, 0.25) is 0 Å². The van der Waals surface area contributed by atoms with E-state index in [-0.39, 0.29) is 0 Å². The fourth-order valence-corrected chi connectivity index (χ4v) is 2.62. The van der Waals surface area contributed by atoms with Crippen LogP contribution in [0.15, 0.2) is 41.1 Å². The van der Waals surface area contributed by atoms with Crippen molar-refractivity contribution in [1.29, 1.82) is 5.26 Å². The van der Waals surface area contributed by atoms with Crippen LogP contribution in [0.3, 0.4) is 0 Å². The monoisotopic (exact) mass is 326 g/mol. The van der Waals surface area contributed by atoms with Crippen LogP contribution < -0.4 is 0 Å². The molecule has 0 radical (unpaired) electrons. The Morgan fingerprint density at radius 3 is 2.90 bits per heavy atom. The van der Waals surface area contributed by atoms with Gasteiger partial charge in [0.05, 0.1) is 22.7 Å². The van der Waals surface area contributed by atoms with E-state index in [9.17, 15) is 0 Å². The number of fused-ring (bicyclic) bond motifs is 1. The van der Waals surface area contributed by atoms with Crippen molar-refractivity contribution in [2.45, 2.75) is 6.42 Å². The average molecular weight is 327 g/mol. The Hall–Kier alpha value is -2.19. The maximum atomic E-state index is 8.94. The summed E-state index contributed by atoms with van der Waals surface area (Å²) in [5.41, 5.74) is 3.61. The fraction of sp³-hybridized carbons (Fsp3) is 0.133. The molecule has 98 valence electrons. The quantitative estimate of drug-likeness (QED) is 0.726. The second-order valence-corrected chi connectivity index (χ2v) is 5.51. The minimum atomic E-state index is 0.631. The van der Waals surface area contributed by atoms with E-state index in [4.69, 9.17) is 5.26 Å². The van der Waals surface area contributed by atoms with E-state index in [1.807, 2.05) is 37.5 Å². The van der Waals surface area contributed by atoms with Crippen molar-refractivity contribution in [2.24, 2.45) is 7.05 Å². The lowest BCUT2D eigenvalue weighted by Crippen LogP contribution is -1.99. The highest BCUT2D eigenvalue weighted by molar-refractivity contribution is 9.10. The Morgan fingerprint density at radius 2 is 2.15 bits per heavy atom. The van der Waals surface area contributed by atoms with Gasteiger partial charge in [0, 0.05) is 30.3 Å². The molecule has 3 aromatic rings. The van der Waals surface area contributed by atoms with E-state index in [2.05, 4.69) is 36.5 Å². The standard InChI is InChI=1S/C15H11BrN4/c1-20-14-3-2-10(7-17)5-13(14)19-15(20)6-11-4-12(16)9-18-8-11/h2-5,8-9H,6H2,1H3. The van der Waals surface area contributed by atoms with Crippen molar-refractivity contribution in [3.05, 3.63) is 58.1 Å². The lowest BCUT2D eigenvalue weighted by Gasteiger charge is -2.02. The van der Waals surface area contributed by atoms with E-state index in [0.29, 0.717) is 12.0 Å². The SMILES string of the molecule is Cn1c(Cc2cncc(Br)c2)nc2cc(C#N)ccc21. The highest BCUT2D eigenvalue weighted by Gasteiger charge is 2.09. The van der Waals surface area contributed by atoms with Gasteiger partial charge in [-0.2, -0.15) is 5.26 Å². The lowest BCUT2D eigenvalue weighted by atomic mass is 10.2. The summed E-state index contributed by atoms with van der Waals surface area (Å²) in [6.45, 7) is 0. The van der Waals surface area contributed by atoms with Crippen LogP contribution in [0.5, 0.6) is 0 Å². The van der Waals surface area contributed by atoms with Gasteiger partial charge in [-0.1, -0.05) is 0 Å². The third kappa shape index (κ3) is 2.30. The number of hydrogen-bond acceptors (Lipinski definition) is 3. The van der Waals surface area contributed by atoms with Crippen LogP contribution in [-0.2, 0) is 13.5 Å². The van der Waals surface area contributed by atoms with Crippen LogP contribution in [-0.4, -0.2) is 14.5 Å². The van der Waals surface area contributed by atoms with Gasteiger partial charge in [0.2, 0.25) is 0 Å². The van der Waals surface area contributed by atoms with Crippen LogP contribution in [0.4, 0.5) is 0 Å². The van der Waals surface area contributed by atoms with Crippen molar-refractivity contribution in [3.8, 4) is 6.07 Å². The predicted molar refractivity (Wildman–Crippen MR) is 80.2 cm³/mol. The number of imidazole rings is 1. The maximum Gasteiger partial charge on any atom is 0.114 e. The molecule has 0 fully saturated rings. The number of nitrogens with zero attached hydrogens (tertiary/aromatic N) is 4. The molecule has 20 heavy (non-hydrogen) atoms. The third-order valence-corrected chi connectivity index (χ3v) is 3.66. The molecule has 1 aromatic carbocycles. The third-order valence-electron chi connectivity index (χ3n) is 3.23. The molecule has 0 N–H and O–H groups in total. The Morgan fingerprint density at radius 1 is 1.30 bits per heavy atom. The second-order valence-electron chi connectivity index (χ2n) is 4.59. The molecule has 3 rings (SSSR count). The predicted octanol–water partition coefficient (Wildman–Crippen LogP) is 3.19. The first-order valence-electron chi connectivity index (χ1n) is 6.12. The van der Waals surface area contributed by atoms with Crippen molar-refractivity contribution in [1.82, 2.24) is 14.5 Å². The molecule has 0 saturated heterocycles. The van der Waals surface area contributed by atoms with E-state index >= 15 is 0 Å². The number of aryl methyl sites for hydroxylation is 1. The van der Waals surface area contributed by atoms with Gasteiger partial charge in [0.25, 0.3) is 0 Å². The number of rotatable bonds is 2. The zero-order valence-electron chi connectivity index (χ0n) is 10.8. The number of hydrogen-bond donors (Lipinski definition) is 0. The molecule has 2 aromatic heterocycles. The van der Waals surface area contributed by atoms with Gasteiger partial charge in [-0.05, 0) is 45.8 Å². The van der Waals surface area contributed by atoms with Crippen LogP contribution in [0.25, 0.3) is 11.0 Å². The Balaban J connectivity index is 2.04. The zero-order valence-corrected chi connectivity index (χ0v) is 12.4. The summed E-state index contributed by atoms with van der Waals surface area (Å²) in [6, 6.07) is 9.74. The van der Waals surface area contributed by atoms with E-state index in [1.165, 1.54) is 0 Å². The molecule has 0 aliphatic carbocycles. The molecule has 0 atom stereocenters. The fourth-order valence-electron chi connectivity index (χ4n) is 2.21. The molecule has 0 unspecified atom stereocenters. The summed E-state index contributed by atoms with van der Waals surface area (Å²) in [5, 5.41) is 8.94. The summed E-state index contributed by atoms with van der Waals surface area (Å²) >= 11 is 3.42. The van der Waals surface area contributed by atoms with Gasteiger partial charge in [-0.15, -0.1) is 0 Å². The van der Waals surface area contributed by atoms with Crippen molar-refractivity contribution in [3.63, 3.8) is 0 Å². The average Bonchev–Trinajstić information content (AvgIpc) is 2.75. The Kier molecular flexibility index (Phi) is 3.25. The van der Waals surface area contributed by atoms with Crippen LogP contribution >= 0.6 is 15.9 Å². The minimum Gasteiger partial charge on any atom is -0.331 e. The van der Waals surface area contributed by atoms with Crippen molar-refractivity contribution in [2.75, 3.05) is 0 Å². The molecular weight excluding hydrogens is 316 g/mol. The molecule has 0 spiro atoms. The molecule has 4 nitrogen and oxygen atoms in total. The van der Waals surface area contributed by atoms with E-state index in [1.54, 1.807) is 6.20 Å². The number of nitriles is 1. The second kappa shape index (κ2) is 5.06. The molecule has 0 amide bonds. The molecular formula is C15H11BrN4. The van der Waals surface area contributed by atoms with E-state index < -0.39 is 0 Å². The number of halogens is 1. The normalized spacial score (nSPS) is 10.7. The molecule has 0 aliphatic rings. The molecule has 0 aliphatic heterocycles. The zero-order chi connectivity index (χ0) is 14.1.